The van der Waals surface area contributed by atoms with E-state index in [0.717, 1.165) is 16.2 Å². The maximum atomic E-state index is 12.1. The number of carbonyl (C=O) groups excluding carboxylic acids is 1. The number of hydrogen-bond donors (Lipinski definition) is 1. The average Bonchev–Trinajstić information content (AvgIpc) is 2.55. The molecule has 1 N–H and O–H groups in total. The molecule has 0 fully saturated rings. The van der Waals surface area contributed by atoms with Crippen LogP contribution in [0.4, 0.5) is 0 Å². The molecule has 2 aromatic carbocycles. The number of nitrogens with one attached hydrogen (secondary N) is 1. The lowest BCUT2D eigenvalue weighted by molar-refractivity contribution is -0.120. The Hall–Kier alpha value is -1.78. The lowest BCUT2D eigenvalue weighted by atomic mass is 10.1. The molecule has 23 heavy (non-hydrogen) atoms. The first-order chi connectivity index (χ1) is 11.0. The molecular weight excluding hydrogens is 328 g/mol. The fourth-order valence-corrected chi connectivity index (χ4v) is 2.85. The maximum Gasteiger partial charge on any atom is 0.253 e. The van der Waals surface area contributed by atoms with Crippen LogP contribution in [-0.4, -0.2) is 16.9 Å². The number of halogens is 1. The summed E-state index contributed by atoms with van der Waals surface area (Å²) in [7, 11) is 0. The van der Waals surface area contributed by atoms with Crippen molar-refractivity contribution in [2.75, 3.05) is 0 Å². The van der Waals surface area contributed by atoms with Gasteiger partial charge in [-0.1, -0.05) is 41.4 Å². The van der Waals surface area contributed by atoms with Gasteiger partial charge in [0.1, 0.15) is 0 Å². The number of thioether (sulfide) groups is 1. The largest absolute Gasteiger partial charge is 0.272 e. The van der Waals surface area contributed by atoms with Gasteiger partial charge >= 0.3 is 0 Å². The minimum Gasteiger partial charge on any atom is -0.272 e. The molecule has 0 aliphatic heterocycles. The van der Waals surface area contributed by atoms with E-state index in [2.05, 4.69) is 10.5 Å². The van der Waals surface area contributed by atoms with Crippen LogP contribution in [0.5, 0.6) is 0 Å². The molecule has 0 spiro atoms. The van der Waals surface area contributed by atoms with Crippen molar-refractivity contribution in [3.8, 4) is 0 Å². The van der Waals surface area contributed by atoms with Crippen LogP contribution < -0.4 is 5.43 Å². The summed E-state index contributed by atoms with van der Waals surface area (Å²) >= 11 is 7.37. The van der Waals surface area contributed by atoms with Crippen LogP contribution in [-0.2, 0) is 4.79 Å². The molecule has 0 aliphatic carbocycles. The predicted molar refractivity (Wildman–Crippen MR) is 98.3 cm³/mol. The van der Waals surface area contributed by atoms with Crippen LogP contribution in [0.25, 0.3) is 0 Å². The second kappa shape index (κ2) is 8.18. The Morgan fingerprint density at radius 2 is 1.74 bits per heavy atom. The second-order valence-electron chi connectivity index (χ2n) is 5.25. The summed E-state index contributed by atoms with van der Waals surface area (Å²) in [6, 6.07) is 15.5. The molecule has 0 radical (unpaired) electrons. The van der Waals surface area contributed by atoms with E-state index in [-0.39, 0.29) is 11.2 Å². The summed E-state index contributed by atoms with van der Waals surface area (Å²) in [4.78, 5) is 13.2. The molecule has 2 aromatic rings. The molecule has 0 bridgehead atoms. The molecule has 2 rings (SSSR count). The number of hydrazone groups is 1. The van der Waals surface area contributed by atoms with E-state index in [1.54, 1.807) is 12.1 Å². The highest BCUT2D eigenvalue weighted by Crippen LogP contribution is 2.23. The molecule has 0 saturated heterocycles. The molecule has 1 atom stereocenters. The Morgan fingerprint density at radius 1 is 1.13 bits per heavy atom. The third-order valence-electron chi connectivity index (χ3n) is 3.30. The van der Waals surface area contributed by atoms with Crippen molar-refractivity contribution in [3.63, 3.8) is 0 Å². The monoisotopic (exact) mass is 346 g/mol. The van der Waals surface area contributed by atoms with E-state index in [9.17, 15) is 4.79 Å². The van der Waals surface area contributed by atoms with Crippen LogP contribution in [0.1, 0.15) is 25.0 Å². The van der Waals surface area contributed by atoms with Crippen LogP contribution in [0.15, 0.2) is 58.5 Å². The molecule has 120 valence electrons. The first kappa shape index (κ1) is 17.6. The van der Waals surface area contributed by atoms with Gasteiger partial charge in [0, 0.05) is 9.92 Å². The Morgan fingerprint density at radius 3 is 2.35 bits per heavy atom. The summed E-state index contributed by atoms with van der Waals surface area (Å²) in [5, 5.41) is 4.61. The quantitative estimate of drug-likeness (QED) is 0.485. The lowest BCUT2D eigenvalue weighted by Gasteiger charge is -2.10. The lowest BCUT2D eigenvalue weighted by Crippen LogP contribution is -2.27. The number of benzene rings is 2. The molecule has 5 heteroatoms. The molecule has 0 aromatic heterocycles. The van der Waals surface area contributed by atoms with Crippen molar-refractivity contribution >= 4 is 35.0 Å². The first-order valence-corrected chi connectivity index (χ1v) is 8.55. The Balaban J connectivity index is 1.93. The van der Waals surface area contributed by atoms with E-state index in [1.165, 1.54) is 17.3 Å². The number of aryl methyl sites for hydroxylation is 1. The van der Waals surface area contributed by atoms with Crippen LogP contribution in [0.3, 0.4) is 0 Å². The van der Waals surface area contributed by atoms with Crippen molar-refractivity contribution in [1.29, 1.82) is 0 Å². The van der Waals surface area contributed by atoms with Crippen LogP contribution >= 0.6 is 23.4 Å². The molecule has 0 aliphatic rings. The Kier molecular flexibility index (Phi) is 6.25. The summed E-state index contributed by atoms with van der Waals surface area (Å²) in [5.74, 6) is -0.121. The van der Waals surface area contributed by atoms with Crippen molar-refractivity contribution in [1.82, 2.24) is 5.43 Å². The maximum absolute atomic E-state index is 12.1. The highest BCUT2D eigenvalue weighted by atomic mass is 35.5. The van der Waals surface area contributed by atoms with Crippen molar-refractivity contribution in [3.05, 3.63) is 64.7 Å². The number of amides is 1. The summed E-state index contributed by atoms with van der Waals surface area (Å²) in [6.07, 6.45) is 0. The zero-order valence-corrected chi connectivity index (χ0v) is 14.9. The van der Waals surface area contributed by atoms with E-state index >= 15 is 0 Å². The summed E-state index contributed by atoms with van der Waals surface area (Å²) < 4.78 is 0. The van der Waals surface area contributed by atoms with E-state index in [0.29, 0.717) is 5.02 Å². The van der Waals surface area contributed by atoms with Gasteiger partial charge in [-0.3, -0.25) is 4.79 Å². The zero-order valence-electron chi connectivity index (χ0n) is 13.3. The van der Waals surface area contributed by atoms with E-state index < -0.39 is 0 Å². The van der Waals surface area contributed by atoms with Crippen LogP contribution in [0.2, 0.25) is 5.02 Å². The van der Waals surface area contributed by atoms with Crippen molar-refractivity contribution in [2.45, 2.75) is 30.9 Å². The highest BCUT2D eigenvalue weighted by molar-refractivity contribution is 8.00. The SMILES string of the molecule is C/C(=N/NC(=O)[C@H](C)Sc1ccc(C)cc1)c1ccc(Cl)cc1. The fraction of sp³-hybridized carbons (Fsp3) is 0.222. The third-order valence-corrected chi connectivity index (χ3v) is 4.66. The normalized spacial score (nSPS) is 12.8. The van der Waals surface area contributed by atoms with E-state index in [1.807, 2.05) is 57.2 Å². The van der Waals surface area contributed by atoms with Gasteiger partial charge in [0.2, 0.25) is 0 Å². The summed E-state index contributed by atoms with van der Waals surface area (Å²) in [6.45, 7) is 5.76. The van der Waals surface area contributed by atoms with Gasteiger partial charge in [-0.05, 0) is 50.6 Å². The minimum atomic E-state index is -0.223. The van der Waals surface area contributed by atoms with Gasteiger partial charge in [0.15, 0.2) is 0 Å². The average molecular weight is 347 g/mol. The van der Waals surface area contributed by atoms with Gasteiger partial charge in [-0.25, -0.2) is 5.43 Å². The van der Waals surface area contributed by atoms with Gasteiger partial charge < -0.3 is 0 Å². The number of rotatable bonds is 5. The van der Waals surface area contributed by atoms with E-state index in [4.69, 9.17) is 11.6 Å². The smallest absolute Gasteiger partial charge is 0.253 e. The molecular formula is C18H19ClN2OS. The summed E-state index contributed by atoms with van der Waals surface area (Å²) in [5.41, 5.74) is 5.49. The highest BCUT2D eigenvalue weighted by Gasteiger charge is 2.13. The molecule has 3 nitrogen and oxygen atoms in total. The van der Waals surface area contributed by atoms with Crippen molar-refractivity contribution in [2.24, 2.45) is 5.10 Å². The van der Waals surface area contributed by atoms with Gasteiger partial charge in [-0.2, -0.15) is 5.10 Å². The van der Waals surface area contributed by atoms with Gasteiger partial charge in [0.05, 0.1) is 11.0 Å². The molecule has 1 amide bonds. The van der Waals surface area contributed by atoms with Crippen LogP contribution in [0, 0.1) is 6.92 Å². The number of hydrogen-bond acceptors (Lipinski definition) is 3. The predicted octanol–water partition coefficient (Wildman–Crippen LogP) is 4.67. The molecule has 0 unspecified atom stereocenters. The Bertz CT molecular complexity index is 696. The third kappa shape index (κ3) is 5.41. The molecule has 0 saturated carbocycles. The van der Waals surface area contributed by atoms with Crippen molar-refractivity contribution < 1.29 is 4.79 Å². The Labute approximate surface area is 146 Å². The standard InChI is InChI=1S/C18H19ClN2OS/c1-12-4-10-17(11-5-12)23-14(3)18(22)21-20-13(2)15-6-8-16(19)9-7-15/h4-11,14H,1-3H3,(H,21,22)/b20-13-/t14-/m0/s1. The van der Waals surface area contributed by atoms with Gasteiger partial charge in [-0.15, -0.1) is 11.8 Å². The number of carbonyl (C=O) groups is 1. The zero-order chi connectivity index (χ0) is 16.8. The first-order valence-electron chi connectivity index (χ1n) is 7.29. The fourth-order valence-electron chi connectivity index (χ4n) is 1.86. The molecule has 0 heterocycles. The minimum absolute atomic E-state index is 0.121. The second-order valence-corrected chi connectivity index (χ2v) is 7.10. The van der Waals surface area contributed by atoms with Gasteiger partial charge in [0.25, 0.3) is 5.91 Å². The number of nitrogens with zero attached hydrogens (tertiary/aromatic N) is 1. The topological polar surface area (TPSA) is 41.5 Å².